The maximum atomic E-state index is 12.6. The molecule has 0 amide bonds. The molecule has 0 saturated carbocycles. The third kappa shape index (κ3) is 2.79. The second-order valence-electron chi connectivity index (χ2n) is 3.73. The Balaban J connectivity index is 2.55. The van der Waals surface area contributed by atoms with Crippen molar-refractivity contribution in [3.8, 4) is 11.8 Å². The van der Waals surface area contributed by atoms with Crippen LogP contribution >= 0.6 is 15.9 Å². The molecule has 0 radical (unpaired) electrons. The molecule has 0 aliphatic carbocycles. The van der Waals surface area contributed by atoms with Crippen molar-refractivity contribution < 1.29 is 13.2 Å². The fourth-order valence-corrected chi connectivity index (χ4v) is 1.98. The molecule has 0 spiro atoms. The lowest BCUT2D eigenvalue weighted by Crippen LogP contribution is -2.07. The maximum absolute atomic E-state index is 12.6. The Morgan fingerprint density at radius 3 is 2.63 bits per heavy atom. The van der Waals surface area contributed by atoms with Gasteiger partial charge in [-0.05, 0) is 24.3 Å². The molecular weight excluding hydrogens is 323 g/mol. The van der Waals surface area contributed by atoms with E-state index in [-0.39, 0.29) is 5.33 Å². The highest BCUT2D eigenvalue weighted by atomic mass is 79.9. The highest BCUT2D eigenvalue weighted by molar-refractivity contribution is 9.08. The summed E-state index contributed by atoms with van der Waals surface area (Å²) < 4.78 is 39.1. The predicted molar refractivity (Wildman–Crippen MR) is 65.9 cm³/mol. The largest absolute Gasteiger partial charge is 0.435 e. The fraction of sp³-hybridized carbons (Fsp3) is 0.167. The zero-order chi connectivity index (χ0) is 14.0. The van der Waals surface area contributed by atoms with Crippen LogP contribution in [0.5, 0.6) is 0 Å². The summed E-state index contributed by atoms with van der Waals surface area (Å²) in [6.07, 6.45) is -4.49. The summed E-state index contributed by atoms with van der Waals surface area (Å²) in [5.74, 6) is 0. The molecule has 98 valence electrons. The maximum Gasteiger partial charge on any atom is 0.435 e. The lowest BCUT2D eigenvalue weighted by atomic mass is 10.2. The molecule has 0 unspecified atom stereocenters. The van der Waals surface area contributed by atoms with Gasteiger partial charge in [0.05, 0.1) is 23.0 Å². The minimum absolute atomic E-state index is 0.229. The van der Waals surface area contributed by atoms with E-state index in [2.05, 4.69) is 21.0 Å². The molecule has 19 heavy (non-hydrogen) atoms. The summed E-state index contributed by atoms with van der Waals surface area (Å²) in [5, 5.41) is 12.6. The van der Waals surface area contributed by atoms with Gasteiger partial charge in [-0.1, -0.05) is 22.0 Å². The van der Waals surface area contributed by atoms with Crippen LogP contribution in [0.3, 0.4) is 0 Å². The van der Waals surface area contributed by atoms with Crippen LogP contribution in [-0.2, 0) is 11.5 Å². The van der Waals surface area contributed by atoms with Gasteiger partial charge < -0.3 is 0 Å². The van der Waals surface area contributed by atoms with E-state index in [1.807, 2.05) is 6.07 Å². The van der Waals surface area contributed by atoms with E-state index < -0.39 is 11.9 Å². The number of hydrogen-bond acceptors (Lipinski definition) is 2. The van der Waals surface area contributed by atoms with Gasteiger partial charge in [-0.3, -0.25) is 0 Å². The molecule has 0 aliphatic heterocycles. The molecule has 2 rings (SSSR count). The number of rotatable bonds is 2. The first-order valence-corrected chi connectivity index (χ1v) is 6.30. The molecule has 0 saturated heterocycles. The Kier molecular flexibility index (Phi) is 3.62. The third-order valence-corrected chi connectivity index (χ3v) is 3.00. The highest BCUT2D eigenvalue weighted by Crippen LogP contribution is 2.30. The van der Waals surface area contributed by atoms with Crippen LogP contribution in [0.25, 0.3) is 5.69 Å². The standard InChI is InChI=1S/C12H7BrF3N3/c13-6-10-5-11(12(14,15)16)18-19(10)9-3-1-2-8(4-9)7-17/h1-5H,6H2. The number of halogens is 4. The van der Waals surface area contributed by atoms with E-state index in [4.69, 9.17) is 5.26 Å². The SMILES string of the molecule is N#Cc1cccc(-n2nc(C(F)(F)F)cc2CBr)c1. The van der Waals surface area contributed by atoms with Crippen LogP contribution in [-0.4, -0.2) is 9.78 Å². The van der Waals surface area contributed by atoms with E-state index >= 15 is 0 Å². The molecule has 0 fully saturated rings. The topological polar surface area (TPSA) is 41.6 Å². The van der Waals surface area contributed by atoms with Gasteiger partial charge in [0.1, 0.15) is 0 Å². The van der Waals surface area contributed by atoms with Gasteiger partial charge in [0.25, 0.3) is 0 Å². The van der Waals surface area contributed by atoms with Gasteiger partial charge in [-0.25, -0.2) is 4.68 Å². The van der Waals surface area contributed by atoms with E-state index in [1.54, 1.807) is 18.2 Å². The number of benzene rings is 1. The zero-order valence-electron chi connectivity index (χ0n) is 9.45. The quantitative estimate of drug-likeness (QED) is 0.789. The second kappa shape index (κ2) is 5.05. The second-order valence-corrected chi connectivity index (χ2v) is 4.29. The molecule has 0 N–H and O–H groups in total. The van der Waals surface area contributed by atoms with Crippen molar-refractivity contribution in [2.45, 2.75) is 11.5 Å². The number of nitriles is 1. The Bertz CT molecular complexity index is 640. The molecule has 1 aromatic carbocycles. The molecular formula is C12H7BrF3N3. The van der Waals surface area contributed by atoms with E-state index in [0.29, 0.717) is 16.9 Å². The monoisotopic (exact) mass is 329 g/mol. The summed E-state index contributed by atoms with van der Waals surface area (Å²) in [6.45, 7) is 0. The van der Waals surface area contributed by atoms with E-state index in [0.717, 1.165) is 6.07 Å². The Labute approximate surface area is 115 Å². The summed E-state index contributed by atoms with van der Waals surface area (Å²) in [4.78, 5) is 0. The minimum atomic E-state index is -4.49. The van der Waals surface area contributed by atoms with Crippen molar-refractivity contribution in [2.24, 2.45) is 0 Å². The molecule has 2 aromatic rings. The number of aromatic nitrogens is 2. The third-order valence-electron chi connectivity index (χ3n) is 2.43. The molecule has 1 aromatic heterocycles. The molecule has 7 heteroatoms. The fourth-order valence-electron chi connectivity index (χ4n) is 1.58. The predicted octanol–water partition coefficient (Wildman–Crippen LogP) is 3.66. The minimum Gasteiger partial charge on any atom is -0.236 e. The molecule has 3 nitrogen and oxygen atoms in total. The molecule has 0 atom stereocenters. The average Bonchev–Trinajstić information content (AvgIpc) is 2.83. The summed E-state index contributed by atoms with van der Waals surface area (Å²) in [7, 11) is 0. The van der Waals surface area contributed by atoms with Crippen molar-refractivity contribution in [3.05, 3.63) is 47.3 Å². The van der Waals surface area contributed by atoms with Gasteiger partial charge in [0.15, 0.2) is 5.69 Å². The van der Waals surface area contributed by atoms with E-state index in [9.17, 15) is 13.2 Å². The van der Waals surface area contributed by atoms with Crippen molar-refractivity contribution in [1.82, 2.24) is 9.78 Å². The Morgan fingerprint density at radius 1 is 1.32 bits per heavy atom. The van der Waals surface area contributed by atoms with Crippen molar-refractivity contribution in [2.75, 3.05) is 0 Å². The first-order chi connectivity index (χ1) is 8.95. The zero-order valence-corrected chi connectivity index (χ0v) is 11.0. The molecule has 0 aliphatic rings. The van der Waals surface area contributed by atoms with Gasteiger partial charge in [-0.15, -0.1) is 0 Å². The molecule has 1 heterocycles. The summed E-state index contributed by atoms with van der Waals surface area (Å²) in [6, 6.07) is 9.17. The average molecular weight is 330 g/mol. The van der Waals surface area contributed by atoms with Gasteiger partial charge in [-0.2, -0.15) is 23.5 Å². The first-order valence-electron chi connectivity index (χ1n) is 5.18. The van der Waals surface area contributed by atoms with Crippen LogP contribution in [0, 0.1) is 11.3 Å². The van der Waals surface area contributed by atoms with Crippen molar-refractivity contribution in [1.29, 1.82) is 5.26 Å². The number of hydrogen-bond donors (Lipinski definition) is 0. The summed E-state index contributed by atoms with van der Waals surface area (Å²) >= 11 is 3.13. The van der Waals surface area contributed by atoms with Gasteiger partial charge in [0.2, 0.25) is 0 Å². The van der Waals surface area contributed by atoms with Crippen LogP contribution in [0.15, 0.2) is 30.3 Å². The van der Waals surface area contributed by atoms with Crippen LogP contribution in [0.4, 0.5) is 13.2 Å². The lowest BCUT2D eigenvalue weighted by molar-refractivity contribution is -0.141. The van der Waals surface area contributed by atoms with Crippen molar-refractivity contribution in [3.63, 3.8) is 0 Å². The summed E-state index contributed by atoms with van der Waals surface area (Å²) in [5.41, 5.74) is 0.192. The normalized spacial score (nSPS) is 11.3. The lowest BCUT2D eigenvalue weighted by Gasteiger charge is -2.05. The number of nitrogens with zero attached hydrogens (tertiary/aromatic N) is 3. The van der Waals surface area contributed by atoms with E-state index in [1.165, 1.54) is 10.7 Å². The van der Waals surface area contributed by atoms with Crippen LogP contribution in [0.2, 0.25) is 0 Å². The Morgan fingerprint density at radius 2 is 2.05 bits per heavy atom. The van der Waals surface area contributed by atoms with Crippen molar-refractivity contribution >= 4 is 15.9 Å². The van der Waals surface area contributed by atoms with Gasteiger partial charge >= 0.3 is 6.18 Å². The Hall–Kier alpha value is -1.81. The first kappa shape index (κ1) is 13.6. The van der Waals surface area contributed by atoms with Crippen LogP contribution < -0.4 is 0 Å². The van der Waals surface area contributed by atoms with Gasteiger partial charge in [0, 0.05) is 5.33 Å². The highest BCUT2D eigenvalue weighted by Gasteiger charge is 2.34. The van der Waals surface area contributed by atoms with Crippen LogP contribution in [0.1, 0.15) is 17.0 Å². The smallest absolute Gasteiger partial charge is 0.236 e. The molecule has 0 bridgehead atoms. The number of alkyl halides is 4.